The van der Waals surface area contributed by atoms with Crippen LogP contribution in [0.5, 0.6) is 5.75 Å². The van der Waals surface area contributed by atoms with Crippen LogP contribution in [0, 0.1) is 6.92 Å². The number of hydrogen-bond acceptors (Lipinski definition) is 3. The Morgan fingerprint density at radius 3 is 2.77 bits per heavy atom. The van der Waals surface area contributed by atoms with Gasteiger partial charge >= 0.3 is 0 Å². The van der Waals surface area contributed by atoms with Crippen molar-refractivity contribution >= 4 is 29.9 Å². The molecule has 0 aromatic heterocycles. The van der Waals surface area contributed by atoms with E-state index < -0.39 is 0 Å². The normalized spacial score (nSPS) is 22.2. The van der Waals surface area contributed by atoms with Gasteiger partial charge in [-0.15, -0.1) is 24.0 Å². The summed E-state index contributed by atoms with van der Waals surface area (Å²) in [6, 6.07) is 8.90. The molecule has 0 aliphatic carbocycles. The number of aryl methyl sites for hydroxylation is 1. The third-order valence-corrected chi connectivity index (χ3v) is 5.21. The van der Waals surface area contributed by atoms with Crippen molar-refractivity contribution < 1.29 is 4.74 Å². The average Bonchev–Trinajstić information content (AvgIpc) is 3.27. The van der Waals surface area contributed by atoms with E-state index in [0.717, 1.165) is 31.3 Å². The lowest BCUT2D eigenvalue weighted by Crippen LogP contribution is -2.45. The Bertz CT molecular complexity index is 589. The summed E-state index contributed by atoms with van der Waals surface area (Å²) in [6.45, 7) is 9.66. The van der Waals surface area contributed by atoms with Crippen LogP contribution in [0.3, 0.4) is 0 Å². The Morgan fingerprint density at radius 1 is 1.31 bits per heavy atom. The minimum Gasteiger partial charge on any atom is -0.489 e. The Hall–Kier alpha value is -1.02. The van der Waals surface area contributed by atoms with Crippen molar-refractivity contribution in [2.45, 2.75) is 45.3 Å². The summed E-state index contributed by atoms with van der Waals surface area (Å²) in [5.41, 5.74) is 1.22. The molecule has 6 heteroatoms. The van der Waals surface area contributed by atoms with Gasteiger partial charge in [-0.3, -0.25) is 9.89 Å². The molecular weight excluding hydrogens is 439 g/mol. The molecule has 1 N–H and O–H groups in total. The highest BCUT2D eigenvalue weighted by molar-refractivity contribution is 14.0. The molecule has 2 saturated heterocycles. The van der Waals surface area contributed by atoms with E-state index in [1.165, 1.54) is 37.9 Å². The summed E-state index contributed by atoms with van der Waals surface area (Å²) in [4.78, 5) is 9.52. The van der Waals surface area contributed by atoms with Crippen LogP contribution >= 0.6 is 24.0 Å². The van der Waals surface area contributed by atoms with Gasteiger partial charge in [0.15, 0.2) is 5.96 Å². The van der Waals surface area contributed by atoms with Gasteiger partial charge in [0.1, 0.15) is 11.9 Å². The monoisotopic (exact) mass is 472 g/mol. The molecular formula is C20H33IN4O. The van der Waals surface area contributed by atoms with E-state index in [0.29, 0.717) is 6.04 Å². The smallest absolute Gasteiger partial charge is 0.193 e. The van der Waals surface area contributed by atoms with Gasteiger partial charge in [-0.25, -0.2) is 0 Å². The lowest BCUT2D eigenvalue weighted by molar-refractivity contribution is 0.221. The molecule has 0 amide bonds. The van der Waals surface area contributed by atoms with Crippen LogP contribution in [-0.4, -0.2) is 67.7 Å². The van der Waals surface area contributed by atoms with Gasteiger partial charge in [-0.05, 0) is 63.9 Å². The summed E-state index contributed by atoms with van der Waals surface area (Å²) in [5.74, 6) is 1.93. The molecule has 2 fully saturated rings. The van der Waals surface area contributed by atoms with Crippen molar-refractivity contribution in [1.29, 1.82) is 0 Å². The van der Waals surface area contributed by atoms with E-state index >= 15 is 0 Å². The highest BCUT2D eigenvalue weighted by Crippen LogP contribution is 2.20. The van der Waals surface area contributed by atoms with Crippen LogP contribution in [0.1, 0.15) is 31.7 Å². The minimum absolute atomic E-state index is 0. The van der Waals surface area contributed by atoms with Crippen LogP contribution in [0.4, 0.5) is 0 Å². The summed E-state index contributed by atoms with van der Waals surface area (Å²) in [6.07, 6.45) is 4.06. The van der Waals surface area contributed by atoms with E-state index in [1.807, 2.05) is 19.2 Å². The molecule has 26 heavy (non-hydrogen) atoms. The molecule has 2 unspecified atom stereocenters. The van der Waals surface area contributed by atoms with Crippen molar-refractivity contribution in [3.05, 3.63) is 29.8 Å². The lowest BCUT2D eigenvalue weighted by Gasteiger charge is -2.26. The van der Waals surface area contributed by atoms with Gasteiger partial charge in [0.05, 0.1) is 6.54 Å². The van der Waals surface area contributed by atoms with Crippen LogP contribution in [-0.2, 0) is 0 Å². The second kappa shape index (κ2) is 10.3. The third-order valence-electron chi connectivity index (χ3n) is 5.21. The Kier molecular flexibility index (Phi) is 8.47. The van der Waals surface area contributed by atoms with Crippen LogP contribution in [0.15, 0.2) is 29.3 Å². The summed E-state index contributed by atoms with van der Waals surface area (Å²) >= 11 is 0. The zero-order valence-corrected chi connectivity index (χ0v) is 18.6. The maximum atomic E-state index is 6.01. The number of guanidine groups is 1. The summed E-state index contributed by atoms with van der Waals surface area (Å²) in [7, 11) is 1.87. The maximum absolute atomic E-state index is 6.01. The zero-order chi connectivity index (χ0) is 17.6. The molecule has 2 aliphatic heterocycles. The molecule has 0 saturated carbocycles. The van der Waals surface area contributed by atoms with Crippen LogP contribution in [0.25, 0.3) is 0 Å². The van der Waals surface area contributed by atoms with Crippen LogP contribution < -0.4 is 10.1 Å². The average molecular weight is 472 g/mol. The number of halogens is 1. The number of hydrogen-bond donors (Lipinski definition) is 1. The molecule has 0 bridgehead atoms. The van der Waals surface area contributed by atoms with Crippen molar-refractivity contribution in [3.63, 3.8) is 0 Å². The van der Waals surface area contributed by atoms with E-state index in [4.69, 9.17) is 4.74 Å². The number of likely N-dealkylation sites (tertiary alicyclic amines) is 2. The largest absolute Gasteiger partial charge is 0.489 e. The number of nitrogens with zero attached hydrogens (tertiary/aromatic N) is 3. The standard InChI is InChI=1S/C20H32N4O.HI/c1-16-7-6-8-19(13-16)25-17(2)14-22-20(21-3)24-12-9-18(15-24)23-10-4-5-11-23;/h6-8,13,17-18H,4-5,9-12,14-15H2,1-3H3,(H,21,22);1H. The van der Waals surface area contributed by atoms with E-state index in [9.17, 15) is 0 Å². The summed E-state index contributed by atoms with van der Waals surface area (Å²) in [5, 5.41) is 3.49. The fourth-order valence-corrected chi connectivity index (χ4v) is 3.87. The first kappa shape index (κ1) is 21.3. The van der Waals surface area contributed by atoms with E-state index in [1.54, 1.807) is 0 Å². The topological polar surface area (TPSA) is 40.1 Å². The second-order valence-electron chi connectivity index (χ2n) is 7.30. The molecule has 2 heterocycles. The number of ether oxygens (including phenoxy) is 1. The molecule has 1 aromatic rings. The Morgan fingerprint density at radius 2 is 2.08 bits per heavy atom. The molecule has 3 rings (SSSR count). The molecule has 2 atom stereocenters. The van der Waals surface area contributed by atoms with Crippen molar-refractivity contribution in [1.82, 2.24) is 15.1 Å². The van der Waals surface area contributed by atoms with Crippen molar-refractivity contribution in [2.75, 3.05) is 39.8 Å². The predicted molar refractivity (Wildman–Crippen MR) is 119 cm³/mol. The third kappa shape index (κ3) is 5.74. The maximum Gasteiger partial charge on any atom is 0.193 e. The van der Waals surface area contributed by atoms with E-state index in [-0.39, 0.29) is 30.1 Å². The second-order valence-corrected chi connectivity index (χ2v) is 7.30. The number of nitrogens with one attached hydrogen (secondary N) is 1. The minimum atomic E-state index is 0. The van der Waals surface area contributed by atoms with Gasteiger partial charge < -0.3 is 15.0 Å². The molecule has 0 radical (unpaired) electrons. The number of benzene rings is 1. The Labute approximate surface area is 175 Å². The first-order valence-corrected chi connectivity index (χ1v) is 9.58. The quantitative estimate of drug-likeness (QED) is 0.406. The molecule has 5 nitrogen and oxygen atoms in total. The molecule has 0 spiro atoms. The lowest BCUT2D eigenvalue weighted by atomic mass is 10.2. The zero-order valence-electron chi connectivity index (χ0n) is 16.3. The van der Waals surface area contributed by atoms with E-state index in [2.05, 4.69) is 46.1 Å². The highest BCUT2D eigenvalue weighted by Gasteiger charge is 2.30. The highest BCUT2D eigenvalue weighted by atomic mass is 127. The van der Waals surface area contributed by atoms with Gasteiger partial charge in [0.2, 0.25) is 0 Å². The summed E-state index contributed by atoms with van der Waals surface area (Å²) < 4.78 is 6.01. The SMILES string of the molecule is CN=C(NCC(C)Oc1cccc(C)c1)N1CCC(N2CCCC2)C1.I. The van der Waals surface area contributed by atoms with Crippen molar-refractivity contribution in [3.8, 4) is 5.75 Å². The fraction of sp³-hybridized carbons (Fsp3) is 0.650. The number of aliphatic imine (C=N–C) groups is 1. The first-order chi connectivity index (χ1) is 12.2. The van der Waals surface area contributed by atoms with Crippen LogP contribution in [0.2, 0.25) is 0 Å². The first-order valence-electron chi connectivity index (χ1n) is 9.58. The van der Waals surface area contributed by atoms with Gasteiger partial charge in [0.25, 0.3) is 0 Å². The number of rotatable bonds is 5. The molecule has 1 aromatic carbocycles. The Balaban J connectivity index is 0.00000243. The molecule has 2 aliphatic rings. The van der Waals surface area contributed by atoms with Gasteiger partial charge in [-0.2, -0.15) is 0 Å². The molecule has 146 valence electrons. The predicted octanol–water partition coefficient (Wildman–Crippen LogP) is 3.13. The van der Waals surface area contributed by atoms with Gasteiger partial charge in [-0.1, -0.05) is 12.1 Å². The fourth-order valence-electron chi connectivity index (χ4n) is 3.87. The van der Waals surface area contributed by atoms with Crippen molar-refractivity contribution in [2.24, 2.45) is 4.99 Å². The van der Waals surface area contributed by atoms with Gasteiger partial charge in [0, 0.05) is 26.2 Å².